The van der Waals surface area contributed by atoms with E-state index in [2.05, 4.69) is 22.5 Å². The summed E-state index contributed by atoms with van der Waals surface area (Å²) in [5.74, 6) is 1.00. The second kappa shape index (κ2) is 4.41. The number of nitrogens with one attached hydrogen (secondary N) is 2. The van der Waals surface area contributed by atoms with Gasteiger partial charge in [0.1, 0.15) is 5.54 Å². The van der Waals surface area contributed by atoms with Crippen molar-refractivity contribution < 1.29 is 9.53 Å². The molecule has 5 nitrogen and oxygen atoms in total. The predicted octanol–water partition coefficient (Wildman–Crippen LogP) is 0.267. The number of amides is 1. The lowest BCUT2D eigenvalue weighted by Crippen LogP contribution is -2.52. The summed E-state index contributed by atoms with van der Waals surface area (Å²) in [6.07, 6.45) is 3.15. The summed E-state index contributed by atoms with van der Waals surface area (Å²) in [6, 6.07) is 0. The topological polar surface area (TPSA) is 62.7 Å². The highest BCUT2D eigenvalue weighted by molar-refractivity contribution is 6.09. The molecule has 0 aromatic carbocycles. The molecule has 2 fully saturated rings. The van der Waals surface area contributed by atoms with Gasteiger partial charge in [0.15, 0.2) is 5.96 Å². The van der Waals surface area contributed by atoms with Crippen LogP contribution in [0.15, 0.2) is 4.99 Å². The number of carbonyl (C=O) groups is 1. The summed E-state index contributed by atoms with van der Waals surface area (Å²) in [5, 5.41) is 6.02. The summed E-state index contributed by atoms with van der Waals surface area (Å²) < 4.78 is 5.18. The molecular formula is C11H19N3O2. The number of rotatable bonds is 5. The number of carbonyl (C=O) groups excluding carboxylic acids is 1. The first-order valence-corrected chi connectivity index (χ1v) is 5.86. The molecular weight excluding hydrogens is 206 g/mol. The van der Waals surface area contributed by atoms with Crippen molar-refractivity contribution in [1.82, 2.24) is 10.6 Å². The maximum atomic E-state index is 12.0. The smallest absolute Gasteiger partial charge is 0.255 e. The lowest BCUT2D eigenvalue weighted by Gasteiger charge is -2.25. The predicted molar refractivity (Wildman–Crippen MR) is 61.2 cm³/mol. The molecule has 1 aliphatic heterocycles. The highest BCUT2D eigenvalue weighted by Gasteiger charge is 2.55. The Hall–Kier alpha value is -1.10. The van der Waals surface area contributed by atoms with Crippen LogP contribution >= 0.6 is 0 Å². The maximum Gasteiger partial charge on any atom is 0.255 e. The molecule has 1 atom stereocenters. The zero-order valence-corrected chi connectivity index (χ0v) is 9.88. The van der Waals surface area contributed by atoms with E-state index >= 15 is 0 Å². The number of hydrogen-bond donors (Lipinski definition) is 2. The number of methoxy groups -OCH3 is 1. The van der Waals surface area contributed by atoms with Crippen LogP contribution < -0.4 is 10.6 Å². The van der Waals surface area contributed by atoms with Crippen LogP contribution in [0.5, 0.6) is 0 Å². The largest absolute Gasteiger partial charge is 0.382 e. The van der Waals surface area contributed by atoms with Crippen molar-refractivity contribution in [2.75, 3.05) is 20.3 Å². The Morgan fingerprint density at radius 1 is 1.56 bits per heavy atom. The van der Waals surface area contributed by atoms with Crippen molar-refractivity contribution in [1.29, 1.82) is 0 Å². The molecule has 0 aromatic rings. The van der Waals surface area contributed by atoms with E-state index in [-0.39, 0.29) is 5.91 Å². The van der Waals surface area contributed by atoms with Crippen LogP contribution in [-0.4, -0.2) is 37.7 Å². The number of ether oxygens (including phenoxy) is 1. The molecule has 0 radical (unpaired) electrons. The Morgan fingerprint density at radius 3 is 2.88 bits per heavy atom. The fourth-order valence-corrected chi connectivity index (χ4v) is 2.13. The van der Waals surface area contributed by atoms with E-state index in [0.29, 0.717) is 18.5 Å². The Labute approximate surface area is 95.6 Å². The van der Waals surface area contributed by atoms with Crippen molar-refractivity contribution in [2.45, 2.75) is 31.7 Å². The van der Waals surface area contributed by atoms with Gasteiger partial charge in [-0.15, -0.1) is 0 Å². The van der Waals surface area contributed by atoms with Gasteiger partial charge in [0.25, 0.3) is 5.91 Å². The van der Waals surface area contributed by atoms with Crippen LogP contribution in [-0.2, 0) is 9.53 Å². The monoisotopic (exact) mass is 225 g/mol. The Morgan fingerprint density at radius 2 is 2.31 bits per heavy atom. The summed E-state index contributed by atoms with van der Waals surface area (Å²) in [6.45, 7) is 3.20. The Kier molecular flexibility index (Phi) is 3.14. The first-order valence-electron chi connectivity index (χ1n) is 5.86. The number of hydrogen-bond acceptors (Lipinski definition) is 3. The van der Waals surface area contributed by atoms with Gasteiger partial charge in [-0.25, -0.2) is 0 Å². The van der Waals surface area contributed by atoms with Crippen molar-refractivity contribution >= 4 is 11.9 Å². The third-order valence-electron chi connectivity index (χ3n) is 3.12. The van der Waals surface area contributed by atoms with Crippen LogP contribution in [0.3, 0.4) is 0 Å². The minimum atomic E-state index is -0.568. The van der Waals surface area contributed by atoms with Gasteiger partial charge >= 0.3 is 0 Å². The first-order chi connectivity index (χ1) is 7.73. The lowest BCUT2D eigenvalue weighted by molar-refractivity contribution is -0.126. The second-order valence-corrected chi connectivity index (χ2v) is 4.49. The third-order valence-corrected chi connectivity index (χ3v) is 3.12. The minimum Gasteiger partial charge on any atom is -0.382 e. The molecule has 0 bridgehead atoms. The molecule has 1 saturated carbocycles. The number of aliphatic imine (C=N–C) groups is 1. The first kappa shape index (κ1) is 11.4. The maximum absolute atomic E-state index is 12.0. The van der Waals surface area contributed by atoms with Gasteiger partial charge in [-0.1, -0.05) is 6.92 Å². The van der Waals surface area contributed by atoms with Gasteiger partial charge in [-0.3, -0.25) is 15.1 Å². The summed E-state index contributed by atoms with van der Waals surface area (Å²) in [7, 11) is 1.63. The molecule has 1 saturated heterocycles. The SMILES string of the molecule is CCCN=C1NC(=O)C(COC)(C2CC2)N1. The molecule has 1 unspecified atom stereocenters. The van der Waals surface area contributed by atoms with E-state index in [9.17, 15) is 4.79 Å². The summed E-state index contributed by atoms with van der Waals surface area (Å²) >= 11 is 0. The van der Waals surface area contributed by atoms with Crippen molar-refractivity contribution in [3.05, 3.63) is 0 Å². The minimum absolute atomic E-state index is 0.00621. The molecule has 16 heavy (non-hydrogen) atoms. The third kappa shape index (κ3) is 1.91. The molecule has 2 N–H and O–H groups in total. The van der Waals surface area contributed by atoms with Crippen LogP contribution in [0.2, 0.25) is 0 Å². The van der Waals surface area contributed by atoms with Gasteiger partial charge in [0, 0.05) is 13.7 Å². The quantitative estimate of drug-likeness (QED) is 0.706. The van der Waals surface area contributed by atoms with Crippen LogP contribution in [0.25, 0.3) is 0 Å². The zero-order chi connectivity index (χ0) is 11.6. The fraction of sp³-hybridized carbons (Fsp3) is 0.818. The van der Waals surface area contributed by atoms with E-state index in [1.807, 2.05) is 0 Å². The molecule has 2 rings (SSSR count). The van der Waals surface area contributed by atoms with Crippen LogP contribution in [0.4, 0.5) is 0 Å². The normalized spacial score (nSPS) is 31.6. The zero-order valence-electron chi connectivity index (χ0n) is 9.88. The number of guanidine groups is 1. The fourth-order valence-electron chi connectivity index (χ4n) is 2.13. The van der Waals surface area contributed by atoms with Crippen molar-refractivity contribution in [2.24, 2.45) is 10.9 Å². The van der Waals surface area contributed by atoms with Gasteiger partial charge < -0.3 is 10.1 Å². The molecule has 1 aliphatic carbocycles. The van der Waals surface area contributed by atoms with Gasteiger partial charge in [0.05, 0.1) is 6.61 Å². The van der Waals surface area contributed by atoms with Crippen molar-refractivity contribution in [3.8, 4) is 0 Å². The van der Waals surface area contributed by atoms with E-state index in [1.54, 1.807) is 7.11 Å². The van der Waals surface area contributed by atoms with Gasteiger partial charge in [-0.2, -0.15) is 0 Å². The molecule has 1 heterocycles. The second-order valence-electron chi connectivity index (χ2n) is 4.49. The van der Waals surface area contributed by atoms with Crippen LogP contribution in [0.1, 0.15) is 26.2 Å². The Bertz CT molecular complexity index is 312. The lowest BCUT2D eigenvalue weighted by atomic mass is 9.95. The van der Waals surface area contributed by atoms with E-state index in [4.69, 9.17) is 4.74 Å². The van der Waals surface area contributed by atoms with E-state index in [1.165, 1.54) is 0 Å². The summed E-state index contributed by atoms with van der Waals surface area (Å²) in [5.41, 5.74) is -0.568. The molecule has 2 aliphatic rings. The highest BCUT2D eigenvalue weighted by Crippen LogP contribution is 2.41. The summed E-state index contributed by atoms with van der Waals surface area (Å²) in [4.78, 5) is 16.3. The average Bonchev–Trinajstić information content (AvgIpc) is 3.05. The van der Waals surface area contributed by atoms with Gasteiger partial charge in [0.2, 0.25) is 0 Å². The molecule has 90 valence electrons. The molecule has 0 spiro atoms. The highest BCUT2D eigenvalue weighted by atomic mass is 16.5. The standard InChI is InChI=1S/C11H19N3O2/c1-3-6-12-10-13-9(15)11(14-10,7-16-2)8-4-5-8/h8H,3-7H2,1-2H3,(H2,12,13,14,15). The number of nitrogens with zero attached hydrogens (tertiary/aromatic N) is 1. The Balaban J connectivity index is 2.11. The van der Waals surface area contributed by atoms with E-state index < -0.39 is 5.54 Å². The molecule has 5 heteroatoms. The molecule has 1 amide bonds. The van der Waals surface area contributed by atoms with Crippen LogP contribution in [0, 0.1) is 5.92 Å². The van der Waals surface area contributed by atoms with Gasteiger partial charge in [-0.05, 0) is 25.2 Å². The average molecular weight is 225 g/mol. The van der Waals surface area contributed by atoms with Crippen molar-refractivity contribution in [3.63, 3.8) is 0 Å². The molecule has 0 aromatic heterocycles. The van der Waals surface area contributed by atoms with E-state index in [0.717, 1.165) is 25.8 Å².